The molecule has 0 aliphatic carbocycles. The number of hydrogen-bond acceptors (Lipinski definition) is 9. The molecular weight excluding hydrogens is 533 g/mol. The summed E-state index contributed by atoms with van der Waals surface area (Å²) in [6, 6.07) is 6.50. The molecule has 214 valence electrons. The summed E-state index contributed by atoms with van der Waals surface area (Å²) in [6.45, 7) is 8.33. The molecule has 3 aromatic rings. The van der Waals surface area contributed by atoms with Gasteiger partial charge in [-0.1, -0.05) is 28.6 Å². The van der Waals surface area contributed by atoms with E-state index in [4.69, 9.17) is 4.52 Å². The Hall–Kier alpha value is -3.22. The Morgan fingerprint density at radius 2 is 1.98 bits per heavy atom. The fourth-order valence-electron chi connectivity index (χ4n) is 5.94. The number of carbonyl (C=O) groups excluding carboxylic acids is 2. The van der Waals surface area contributed by atoms with Gasteiger partial charge in [0.1, 0.15) is 5.82 Å². The smallest absolute Gasteiger partial charge is 0.321 e. The molecule has 0 spiro atoms. The van der Waals surface area contributed by atoms with Gasteiger partial charge in [-0.15, -0.1) is 0 Å². The van der Waals surface area contributed by atoms with Crippen LogP contribution in [0.2, 0.25) is 0 Å². The van der Waals surface area contributed by atoms with Gasteiger partial charge in [-0.3, -0.25) is 15.0 Å². The summed E-state index contributed by atoms with van der Waals surface area (Å²) in [6.07, 6.45) is 5.34. The molecule has 2 N–H and O–H groups in total. The van der Waals surface area contributed by atoms with E-state index in [9.17, 15) is 14.0 Å². The largest absolute Gasteiger partial charge is 0.343 e. The van der Waals surface area contributed by atoms with Gasteiger partial charge < -0.3 is 14.7 Å². The molecule has 0 bridgehead atoms. The Morgan fingerprint density at radius 3 is 2.70 bits per heavy atom. The van der Waals surface area contributed by atoms with Crippen molar-refractivity contribution in [2.45, 2.75) is 52.1 Å². The summed E-state index contributed by atoms with van der Waals surface area (Å²) >= 11 is 1.20. The number of aromatic nitrogens is 3. The molecule has 2 saturated heterocycles. The SMILES string of the molecule is CC(=O)c1sc(NC(=O)N[C@@H]2CCN(Cc3ncon3)C[C@H]2CN2CCC[C@@H](Cc3ccc(F)cc3)C2)nc1C. The standard InChI is InChI=1S/C28H36FN7O3S/c1-18-26(19(2)37)40-28(31-18)33-27(38)32-24-9-11-36(16-25-30-17-39-34-25)15-22(24)14-35-10-3-4-21(13-35)12-20-5-7-23(29)8-6-20/h5-8,17,21-22,24H,3-4,9-16H2,1-2H3,(H2,31,32,33,38)/t21-,22+,24+/m0/s1. The molecule has 12 heteroatoms. The van der Waals surface area contributed by atoms with Crippen molar-refractivity contribution in [3.63, 3.8) is 0 Å². The van der Waals surface area contributed by atoms with Crippen LogP contribution in [-0.4, -0.2) is 75.5 Å². The van der Waals surface area contributed by atoms with Gasteiger partial charge in [-0.2, -0.15) is 4.98 Å². The van der Waals surface area contributed by atoms with Gasteiger partial charge in [-0.25, -0.2) is 14.2 Å². The third kappa shape index (κ3) is 7.49. The van der Waals surface area contributed by atoms with E-state index in [1.54, 1.807) is 6.92 Å². The Morgan fingerprint density at radius 1 is 1.15 bits per heavy atom. The van der Waals surface area contributed by atoms with Gasteiger partial charge in [0, 0.05) is 45.1 Å². The van der Waals surface area contributed by atoms with Crippen molar-refractivity contribution in [2.75, 3.05) is 38.0 Å². The third-order valence-corrected chi connectivity index (χ3v) is 8.95. The van der Waals surface area contributed by atoms with Crippen molar-refractivity contribution < 1.29 is 18.5 Å². The molecule has 40 heavy (non-hydrogen) atoms. The lowest BCUT2D eigenvalue weighted by Gasteiger charge is -2.42. The maximum absolute atomic E-state index is 13.4. The Balaban J connectivity index is 1.22. The van der Waals surface area contributed by atoms with E-state index in [2.05, 4.69) is 35.6 Å². The van der Waals surface area contributed by atoms with Crippen LogP contribution in [0.15, 0.2) is 35.2 Å². The zero-order valence-corrected chi connectivity index (χ0v) is 23.8. The van der Waals surface area contributed by atoms with Gasteiger partial charge in [0.05, 0.1) is 17.1 Å². The van der Waals surface area contributed by atoms with Crippen LogP contribution in [-0.2, 0) is 13.0 Å². The first kappa shape index (κ1) is 28.3. The number of benzene rings is 1. The molecule has 5 rings (SSSR count). The zero-order valence-electron chi connectivity index (χ0n) is 22.9. The summed E-state index contributed by atoms with van der Waals surface area (Å²) in [7, 11) is 0. The van der Waals surface area contributed by atoms with Gasteiger partial charge in [0.25, 0.3) is 0 Å². The highest BCUT2D eigenvalue weighted by Gasteiger charge is 2.33. The number of halogens is 1. The van der Waals surface area contributed by atoms with Gasteiger partial charge in [0.2, 0.25) is 6.39 Å². The molecule has 1 aromatic carbocycles. The minimum atomic E-state index is -0.307. The van der Waals surface area contributed by atoms with Crippen molar-refractivity contribution in [3.8, 4) is 0 Å². The minimum absolute atomic E-state index is 0.0210. The van der Waals surface area contributed by atoms with Crippen LogP contribution in [0.5, 0.6) is 0 Å². The van der Waals surface area contributed by atoms with Crippen LogP contribution in [0, 0.1) is 24.6 Å². The van der Waals surface area contributed by atoms with Crippen molar-refractivity contribution >= 4 is 28.3 Å². The van der Waals surface area contributed by atoms with E-state index in [1.807, 2.05) is 12.1 Å². The fourth-order valence-corrected chi connectivity index (χ4v) is 6.79. The molecule has 2 aliphatic heterocycles. The number of piperidine rings is 2. The highest BCUT2D eigenvalue weighted by molar-refractivity contribution is 7.17. The molecule has 4 heterocycles. The molecule has 0 radical (unpaired) electrons. The van der Waals surface area contributed by atoms with Gasteiger partial charge in [-0.05, 0) is 62.8 Å². The monoisotopic (exact) mass is 569 g/mol. The number of anilines is 1. The molecule has 3 atom stereocenters. The number of thiazole rings is 1. The topological polar surface area (TPSA) is 116 Å². The highest BCUT2D eigenvalue weighted by Crippen LogP contribution is 2.26. The average molecular weight is 570 g/mol. The third-order valence-electron chi connectivity index (χ3n) is 7.78. The predicted molar refractivity (Wildman–Crippen MR) is 150 cm³/mol. The number of likely N-dealkylation sites (tertiary alicyclic amines) is 2. The van der Waals surface area contributed by atoms with Crippen LogP contribution in [0.3, 0.4) is 0 Å². The van der Waals surface area contributed by atoms with Crippen molar-refractivity contribution in [3.05, 3.63) is 58.4 Å². The number of carbonyl (C=O) groups is 2. The lowest BCUT2D eigenvalue weighted by Crippen LogP contribution is -2.55. The molecule has 2 amide bonds. The fraction of sp³-hybridized carbons (Fsp3) is 0.536. The van der Waals surface area contributed by atoms with Crippen LogP contribution in [0.4, 0.5) is 14.3 Å². The molecule has 2 fully saturated rings. The summed E-state index contributed by atoms with van der Waals surface area (Å²) in [5.74, 6) is 1.10. The van der Waals surface area contributed by atoms with E-state index in [1.165, 1.54) is 42.4 Å². The molecule has 10 nitrogen and oxygen atoms in total. The van der Waals surface area contributed by atoms with E-state index in [0.29, 0.717) is 34.0 Å². The minimum Gasteiger partial charge on any atom is -0.343 e. The Labute approximate surface area is 237 Å². The second-order valence-electron chi connectivity index (χ2n) is 10.9. The van der Waals surface area contributed by atoms with Gasteiger partial charge in [0.15, 0.2) is 16.7 Å². The quantitative estimate of drug-likeness (QED) is 0.370. The maximum atomic E-state index is 13.4. The highest BCUT2D eigenvalue weighted by atomic mass is 32.1. The van der Waals surface area contributed by atoms with Crippen LogP contribution in [0.25, 0.3) is 0 Å². The van der Waals surface area contributed by atoms with E-state index in [-0.39, 0.29) is 29.6 Å². The van der Waals surface area contributed by atoms with Crippen molar-refractivity contribution in [1.82, 2.24) is 30.2 Å². The predicted octanol–water partition coefficient (Wildman–Crippen LogP) is 4.14. The van der Waals surface area contributed by atoms with Gasteiger partial charge >= 0.3 is 6.03 Å². The molecule has 0 saturated carbocycles. The Bertz CT molecular complexity index is 1280. The maximum Gasteiger partial charge on any atom is 0.321 e. The van der Waals surface area contributed by atoms with Crippen molar-refractivity contribution in [2.24, 2.45) is 11.8 Å². The summed E-state index contributed by atoms with van der Waals surface area (Å²) in [5, 5.41) is 10.4. The number of urea groups is 1. The number of rotatable bonds is 9. The first-order valence-corrected chi connectivity index (χ1v) is 14.6. The molecule has 2 aliphatic rings. The number of hydrogen-bond donors (Lipinski definition) is 2. The molecule has 2 aromatic heterocycles. The number of nitrogens with zero attached hydrogens (tertiary/aromatic N) is 5. The first-order chi connectivity index (χ1) is 19.3. The lowest BCUT2D eigenvalue weighted by atomic mass is 9.88. The number of Topliss-reactive ketones (excluding diaryl/α,β-unsaturated/α-hetero) is 1. The van der Waals surface area contributed by atoms with Crippen LogP contribution < -0.4 is 10.6 Å². The number of nitrogens with one attached hydrogen (secondary N) is 2. The summed E-state index contributed by atoms with van der Waals surface area (Å²) in [4.78, 5) is 38.7. The zero-order chi connectivity index (χ0) is 28.1. The molecule has 0 unspecified atom stereocenters. The number of amides is 2. The second-order valence-corrected chi connectivity index (χ2v) is 11.9. The van der Waals surface area contributed by atoms with Crippen LogP contribution in [0.1, 0.15) is 52.9 Å². The summed E-state index contributed by atoms with van der Waals surface area (Å²) < 4.78 is 18.3. The second kappa shape index (κ2) is 13.0. The van der Waals surface area contributed by atoms with Crippen molar-refractivity contribution in [1.29, 1.82) is 0 Å². The first-order valence-electron chi connectivity index (χ1n) is 13.8. The van der Waals surface area contributed by atoms with E-state index < -0.39 is 0 Å². The average Bonchev–Trinajstić information content (AvgIpc) is 3.56. The normalized spacial score (nSPS) is 22.2. The Kier molecular flexibility index (Phi) is 9.18. The van der Waals surface area contributed by atoms with E-state index in [0.717, 1.165) is 58.4 Å². The lowest BCUT2D eigenvalue weighted by molar-refractivity contribution is 0.0803. The molecular formula is C28H36FN7O3S. The van der Waals surface area contributed by atoms with E-state index >= 15 is 0 Å². The number of aryl methyl sites for hydroxylation is 1. The van der Waals surface area contributed by atoms with Crippen LogP contribution >= 0.6 is 11.3 Å². The summed E-state index contributed by atoms with van der Waals surface area (Å²) in [5.41, 5.74) is 1.79. The number of ketones is 1.